The number of carboxylic acid groups (broad SMARTS) is 1. The predicted molar refractivity (Wildman–Crippen MR) is 83.4 cm³/mol. The van der Waals surface area contributed by atoms with E-state index in [1.54, 1.807) is 18.6 Å². The normalized spacial score (nSPS) is 12.0. The second-order valence-corrected chi connectivity index (χ2v) is 6.96. The summed E-state index contributed by atoms with van der Waals surface area (Å²) < 4.78 is 7.28. The highest BCUT2D eigenvalue weighted by atomic mass is 32.2. The van der Waals surface area contributed by atoms with Crippen LogP contribution in [-0.4, -0.2) is 40.1 Å². The Hall–Kier alpha value is -1.38. The van der Waals surface area contributed by atoms with E-state index in [0.29, 0.717) is 22.0 Å². The van der Waals surface area contributed by atoms with Gasteiger partial charge in [0.25, 0.3) is 5.56 Å². The number of thioether (sulfide) groups is 1. The van der Waals surface area contributed by atoms with Crippen LogP contribution in [0, 0.1) is 0 Å². The summed E-state index contributed by atoms with van der Waals surface area (Å²) in [5.74, 6) is -1.10. The molecule has 0 aliphatic heterocycles. The van der Waals surface area contributed by atoms with Crippen LogP contribution in [0.1, 0.15) is 13.8 Å². The maximum Gasteiger partial charge on any atom is 0.313 e. The molecule has 2 rings (SSSR count). The van der Waals surface area contributed by atoms with Gasteiger partial charge in [-0.1, -0.05) is 11.8 Å². The lowest BCUT2D eigenvalue weighted by Crippen LogP contribution is -2.41. The Morgan fingerprint density at radius 2 is 2.29 bits per heavy atom. The zero-order valence-electron chi connectivity index (χ0n) is 12.0. The van der Waals surface area contributed by atoms with E-state index >= 15 is 0 Å². The summed E-state index contributed by atoms with van der Waals surface area (Å²) in [4.78, 5) is 27.9. The summed E-state index contributed by atoms with van der Waals surface area (Å²) in [5, 5.41) is 11.1. The first-order valence-electron chi connectivity index (χ1n) is 6.21. The summed E-state index contributed by atoms with van der Waals surface area (Å²) in [6, 6.07) is 1.76. The highest BCUT2D eigenvalue weighted by Gasteiger charge is 2.27. The average molecular weight is 328 g/mol. The van der Waals surface area contributed by atoms with Gasteiger partial charge in [0.1, 0.15) is 4.70 Å². The topological polar surface area (TPSA) is 81.4 Å². The largest absolute Gasteiger partial charge is 0.481 e. The Labute approximate surface area is 129 Å². The molecule has 0 saturated heterocycles. The third-order valence-corrected chi connectivity index (χ3v) is 4.69. The third kappa shape index (κ3) is 3.28. The molecule has 114 valence electrons. The zero-order chi connectivity index (χ0) is 15.6. The minimum Gasteiger partial charge on any atom is -0.481 e. The molecule has 0 fully saturated rings. The van der Waals surface area contributed by atoms with Gasteiger partial charge in [0.05, 0.1) is 23.4 Å². The molecule has 0 saturated carbocycles. The molecule has 8 heteroatoms. The number of aliphatic carboxylic acids is 1. The molecule has 2 aromatic rings. The van der Waals surface area contributed by atoms with Crippen molar-refractivity contribution in [2.24, 2.45) is 0 Å². The summed E-state index contributed by atoms with van der Waals surface area (Å²) in [7, 11) is 1.56. The van der Waals surface area contributed by atoms with Crippen molar-refractivity contribution in [3.8, 4) is 0 Å². The number of thiophene rings is 1. The summed E-state index contributed by atoms with van der Waals surface area (Å²) in [6.45, 7) is 4.06. The molecule has 0 radical (unpaired) electrons. The van der Waals surface area contributed by atoms with Crippen LogP contribution in [0.25, 0.3) is 10.2 Å². The molecular weight excluding hydrogens is 312 g/mol. The van der Waals surface area contributed by atoms with Crippen molar-refractivity contribution in [3.63, 3.8) is 0 Å². The van der Waals surface area contributed by atoms with Crippen LogP contribution < -0.4 is 5.56 Å². The number of methoxy groups -OCH3 is 1. The van der Waals surface area contributed by atoms with Crippen molar-refractivity contribution in [3.05, 3.63) is 21.8 Å². The van der Waals surface area contributed by atoms with Crippen molar-refractivity contribution >= 4 is 39.3 Å². The number of carboxylic acids is 1. The van der Waals surface area contributed by atoms with E-state index in [2.05, 4.69) is 4.98 Å². The fourth-order valence-electron chi connectivity index (χ4n) is 2.07. The van der Waals surface area contributed by atoms with Gasteiger partial charge in [-0.25, -0.2) is 4.98 Å². The quantitative estimate of drug-likeness (QED) is 0.645. The number of carbonyl (C=O) groups is 1. The maximum absolute atomic E-state index is 12.7. The zero-order valence-corrected chi connectivity index (χ0v) is 13.6. The molecule has 0 aliphatic carbocycles. The van der Waals surface area contributed by atoms with Gasteiger partial charge < -0.3 is 9.84 Å². The van der Waals surface area contributed by atoms with Gasteiger partial charge in [-0.2, -0.15) is 0 Å². The molecule has 2 aromatic heterocycles. The minimum absolute atomic E-state index is 0.148. The molecular formula is C13H16N2O4S2. The number of rotatable bonds is 6. The molecule has 0 bridgehead atoms. The molecule has 0 aliphatic rings. The second-order valence-electron chi connectivity index (χ2n) is 5.10. The fraction of sp³-hybridized carbons (Fsp3) is 0.462. The Morgan fingerprint density at radius 3 is 2.90 bits per heavy atom. The van der Waals surface area contributed by atoms with Crippen molar-refractivity contribution in [1.82, 2.24) is 9.55 Å². The molecule has 0 amide bonds. The Balaban J connectivity index is 2.62. The van der Waals surface area contributed by atoms with Crippen LogP contribution in [0.4, 0.5) is 0 Å². The molecule has 1 N–H and O–H groups in total. The van der Waals surface area contributed by atoms with Crippen LogP contribution >= 0.6 is 23.1 Å². The van der Waals surface area contributed by atoms with Crippen LogP contribution in [0.3, 0.4) is 0 Å². The number of hydrogen-bond donors (Lipinski definition) is 1. The van der Waals surface area contributed by atoms with Crippen molar-refractivity contribution in [2.75, 3.05) is 19.5 Å². The van der Waals surface area contributed by atoms with E-state index < -0.39 is 11.5 Å². The standard InChI is InChI=1S/C13H16N2O4S2/c1-13(2,7-19-3)15-11(18)10-8(4-5-20-10)14-12(15)21-6-9(16)17/h4-5H,6-7H2,1-3H3,(H,16,17). The number of ether oxygens (including phenoxy) is 1. The molecule has 0 atom stereocenters. The SMILES string of the molecule is COCC(C)(C)n1c(SCC(=O)O)nc2ccsc2c1=O. The lowest BCUT2D eigenvalue weighted by molar-refractivity contribution is -0.133. The lowest BCUT2D eigenvalue weighted by atomic mass is 10.1. The highest BCUT2D eigenvalue weighted by Crippen LogP contribution is 2.26. The van der Waals surface area contributed by atoms with Gasteiger partial charge in [-0.05, 0) is 25.3 Å². The van der Waals surface area contributed by atoms with Crippen molar-refractivity contribution < 1.29 is 14.6 Å². The molecule has 0 spiro atoms. The summed E-state index contributed by atoms with van der Waals surface area (Å²) in [5.41, 5.74) is -0.176. The van der Waals surface area contributed by atoms with E-state index in [4.69, 9.17) is 9.84 Å². The predicted octanol–water partition coefficient (Wildman–Crippen LogP) is 2.02. The van der Waals surface area contributed by atoms with E-state index in [-0.39, 0.29) is 11.3 Å². The van der Waals surface area contributed by atoms with Crippen LogP contribution in [0.15, 0.2) is 21.4 Å². The number of nitrogens with zero attached hydrogens (tertiary/aromatic N) is 2. The average Bonchev–Trinajstić information content (AvgIpc) is 2.84. The van der Waals surface area contributed by atoms with Crippen LogP contribution in [-0.2, 0) is 15.1 Å². The molecule has 0 unspecified atom stereocenters. The first kappa shape index (κ1) is 16.0. The number of fused-ring (bicyclic) bond motifs is 1. The van der Waals surface area contributed by atoms with Gasteiger partial charge in [0.15, 0.2) is 5.16 Å². The van der Waals surface area contributed by atoms with Crippen molar-refractivity contribution in [1.29, 1.82) is 0 Å². The Morgan fingerprint density at radius 1 is 1.57 bits per heavy atom. The van der Waals surface area contributed by atoms with Crippen LogP contribution in [0.5, 0.6) is 0 Å². The molecule has 2 heterocycles. The van der Waals surface area contributed by atoms with Gasteiger partial charge in [-0.15, -0.1) is 11.3 Å². The first-order valence-corrected chi connectivity index (χ1v) is 8.07. The molecule has 21 heavy (non-hydrogen) atoms. The van der Waals surface area contributed by atoms with Crippen molar-refractivity contribution in [2.45, 2.75) is 24.5 Å². The minimum atomic E-state index is -0.948. The fourth-order valence-corrected chi connectivity index (χ4v) is 3.70. The van der Waals surface area contributed by atoms with Gasteiger partial charge in [0, 0.05) is 7.11 Å². The number of hydrogen-bond acceptors (Lipinski definition) is 6. The Kier molecular flexibility index (Phi) is 4.70. The van der Waals surface area contributed by atoms with Gasteiger partial charge >= 0.3 is 5.97 Å². The maximum atomic E-state index is 12.7. The van der Waals surface area contributed by atoms with Gasteiger partial charge in [0.2, 0.25) is 0 Å². The highest BCUT2D eigenvalue weighted by molar-refractivity contribution is 7.99. The lowest BCUT2D eigenvalue weighted by Gasteiger charge is -2.28. The summed E-state index contributed by atoms with van der Waals surface area (Å²) in [6.07, 6.45) is 0. The monoisotopic (exact) mass is 328 g/mol. The number of aromatic nitrogens is 2. The van der Waals surface area contributed by atoms with E-state index in [0.717, 1.165) is 11.8 Å². The van der Waals surface area contributed by atoms with E-state index in [1.165, 1.54) is 15.9 Å². The van der Waals surface area contributed by atoms with Gasteiger partial charge in [-0.3, -0.25) is 14.2 Å². The van der Waals surface area contributed by atoms with Crippen LogP contribution in [0.2, 0.25) is 0 Å². The molecule has 6 nitrogen and oxygen atoms in total. The third-order valence-electron chi connectivity index (χ3n) is 2.88. The Bertz CT molecular complexity index is 721. The summed E-state index contributed by atoms with van der Waals surface area (Å²) >= 11 is 2.37. The first-order chi connectivity index (χ1) is 9.86. The second kappa shape index (κ2) is 6.17. The molecule has 0 aromatic carbocycles. The van der Waals surface area contributed by atoms with E-state index in [9.17, 15) is 9.59 Å². The smallest absolute Gasteiger partial charge is 0.313 e. The van der Waals surface area contributed by atoms with E-state index in [1.807, 2.05) is 13.8 Å².